The van der Waals surface area contributed by atoms with E-state index in [1.54, 1.807) is 24.4 Å². The van der Waals surface area contributed by atoms with Gasteiger partial charge in [-0.3, -0.25) is 0 Å². The lowest BCUT2D eigenvalue weighted by Crippen LogP contribution is -2.09. The summed E-state index contributed by atoms with van der Waals surface area (Å²) >= 11 is 0. The molecule has 0 amide bonds. The van der Waals surface area contributed by atoms with Gasteiger partial charge in [0.25, 0.3) is 0 Å². The molecule has 0 aliphatic rings. The number of anilines is 3. The van der Waals surface area contributed by atoms with Crippen LogP contribution in [0.1, 0.15) is 5.56 Å². The molecule has 1 aromatic carbocycles. The Kier molecular flexibility index (Phi) is 2.93. The molecule has 2 aromatic rings. The summed E-state index contributed by atoms with van der Waals surface area (Å²) in [6, 6.07) is 13.2. The summed E-state index contributed by atoms with van der Waals surface area (Å²) < 4.78 is 0. The molecule has 0 aliphatic heterocycles. The number of nitrogen functional groups attached to an aromatic ring is 1. The Morgan fingerprint density at radius 3 is 2.47 bits per heavy atom. The predicted molar refractivity (Wildman–Crippen MR) is 67.9 cm³/mol. The molecule has 4 nitrogen and oxygen atoms in total. The van der Waals surface area contributed by atoms with Gasteiger partial charge in [0, 0.05) is 30.7 Å². The zero-order valence-corrected chi connectivity index (χ0v) is 9.46. The highest BCUT2D eigenvalue weighted by Crippen LogP contribution is 2.24. The number of nitriles is 1. The van der Waals surface area contributed by atoms with Crippen molar-refractivity contribution in [2.75, 3.05) is 17.7 Å². The van der Waals surface area contributed by atoms with Crippen molar-refractivity contribution in [2.45, 2.75) is 0 Å². The van der Waals surface area contributed by atoms with E-state index in [2.05, 4.69) is 11.1 Å². The fourth-order valence-corrected chi connectivity index (χ4v) is 1.55. The van der Waals surface area contributed by atoms with Crippen LogP contribution in [0.15, 0.2) is 42.6 Å². The van der Waals surface area contributed by atoms with Crippen LogP contribution in [-0.4, -0.2) is 12.0 Å². The zero-order valence-electron chi connectivity index (χ0n) is 9.46. The molecule has 0 saturated carbocycles. The number of hydrogen-bond acceptors (Lipinski definition) is 4. The molecule has 17 heavy (non-hydrogen) atoms. The maximum atomic E-state index is 8.73. The lowest BCUT2D eigenvalue weighted by molar-refractivity contribution is 1.19. The highest BCUT2D eigenvalue weighted by Gasteiger charge is 2.04. The Bertz CT molecular complexity index is 554. The SMILES string of the molecule is CN(c1ccc(C#N)cc1)c1ccnc(N)c1. The Labute approximate surface area is 99.9 Å². The van der Waals surface area contributed by atoms with Crippen LogP contribution in [0.4, 0.5) is 17.2 Å². The average Bonchev–Trinajstić information content (AvgIpc) is 2.38. The minimum Gasteiger partial charge on any atom is -0.384 e. The van der Waals surface area contributed by atoms with Gasteiger partial charge >= 0.3 is 0 Å². The molecule has 2 rings (SSSR count). The first-order chi connectivity index (χ1) is 8.20. The third kappa shape index (κ3) is 2.34. The second kappa shape index (κ2) is 4.54. The quantitative estimate of drug-likeness (QED) is 0.850. The normalized spacial score (nSPS) is 9.65. The molecule has 0 aliphatic carbocycles. The first-order valence-electron chi connectivity index (χ1n) is 5.16. The Hall–Kier alpha value is -2.54. The largest absolute Gasteiger partial charge is 0.384 e. The van der Waals surface area contributed by atoms with Crippen LogP contribution >= 0.6 is 0 Å². The van der Waals surface area contributed by atoms with Gasteiger partial charge in [-0.1, -0.05) is 0 Å². The molecule has 0 fully saturated rings. The summed E-state index contributed by atoms with van der Waals surface area (Å²) in [5.74, 6) is 0.489. The molecule has 0 saturated heterocycles. The van der Waals surface area contributed by atoms with Crippen LogP contribution in [0.2, 0.25) is 0 Å². The van der Waals surface area contributed by atoms with E-state index in [9.17, 15) is 0 Å². The summed E-state index contributed by atoms with van der Waals surface area (Å²) in [7, 11) is 1.94. The second-order valence-electron chi connectivity index (χ2n) is 3.66. The number of pyridine rings is 1. The summed E-state index contributed by atoms with van der Waals surface area (Å²) in [5, 5.41) is 8.73. The average molecular weight is 224 g/mol. The van der Waals surface area contributed by atoms with Gasteiger partial charge < -0.3 is 10.6 Å². The summed E-state index contributed by atoms with van der Waals surface area (Å²) in [5.41, 5.74) is 8.24. The van der Waals surface area contributed by atoms with Crippen LogP contribution in [0, 0.1) is 11.3 Å². The van der Waals surface area contributed by atoms with Gasteiger partial charge in [-0.05, 0) is 30.3 Å². The Morgan fingerprint density at radius 2 is 1.88 bits per heavy atom. The van der Waals surface area contributed by atoms with Crippen molar-refractivity contribution in [1.29, 1.82) is 5.26 Å². The molecule has 84 valence electrons. The van der Waals surface area contributed by atoms with E-state index >= 15 is 0 Å². The smallest absolute Gasteiger partial charge is 0.125 e. The number of nitrogens with two attached hydrogens (primary N) is 1. The minimum atomic E-state index is 0.489. The van der Waals surface area contributed by atoms with E-state index in [-0.39, 0.29) is 0 Å². The molecule has 0 atom stereocenters. The zero-order chi connectivity index (χ0) is 12.3. The number of rotatable bonds is 2. The first kappa shape index (κ1) is 11.0. The van der Waals surface area contributed by atoms with Crippen LogP contribution in [-0.2, 0) is 0 Å². The van der Waals surface area contributed by atoms with Crippen LogP contribution in [0.25, 0.3) is 0 Å². The van der Waals surface area contributed by atoms with Crippen LogP contribution in [0.3, 0.4) is 0 Å². The Balaban J connectivity index is 2.30. The van der Waals surface area contributed by atoms with Gasteiger partial charge in [0.15, 0.2) is 0 Å². The molecule has 0 spiro atoms. The van der Waals surface area contributed by atoms with Gasteiger partial charge in [0.05, 0.1) is 11.6 Å². The third-order valence-electron chi connectivity index (χ3n) is 2.54. The maximum absolute atomic E-state index is 8.73. The monoisotopic (exact) mass is 224 g/mol. The lowest BCUT2D eigenvalue weighted by atomic mass is 10.2. The van der Waals surface area contributed by atoms with Crippen molar-refractivity contribution in [1.82, 2.24) is 4.98 Å². The molecule has 4 heteroatoms. The van der Waals surface area contributed by atoms with Gasteiger partial charge in [-0.2, -0.15) is 5.26 Å². The molecule has 2 N–H and O–H groups in total. The van der Waals surface area contributed by atoms with Crippen molar-refractivity contribution < 1.29 is 0 Å². The minimum absolute atomic E-state index is 0.489. The first-order valence-corrected chi connectivity index (χ1v) is 5.16. The lowest BCUT2D eigenvalue weighted by Gasteiger charge is -2.19. The fourth-order valence-electron chi connectivity index (χ4n) is 1.55. The summed E-state index contributed by atoms with van der Waals surface area (Å²) in [4.78, 5) is 5.94. The van der Waals surface area contributed by atoms with E-state index in [1.807, 2.05) is 30.1 Å². The summed E-state index contributed by atoms with van der Waals surface area (Å²) in [6.45, 7) is 0. The van der Waals surface area contributed by atoms with E-state index in [4.69, 9.17) is 11.0 Å². The molecular formula is C13H12N4. The van der Waals surface area contributed by atoms with Gasteiger partial charge in [0.2, 0.25) is 0 Å². The summed E-state index contributed by atoms with van der Waals surface area (Å²) in [6.07, 6.45) is 1.67. The second-order valence-corrected chi connectivity index (χ2v) is 3.66. The highest BCUT2D eigenvalue weighted by molar-refractivity contribution is 5.64. The van der Waals surface area contributed by atoms with Crippen molar-refractivity contribution >= 4 is 17.2 Å². The molecular weight excluding hydrogens is 212 g/mol. The Morgan fingerprint density at radius 1 is 1.18 bits per heavy atom. The topological polar surface area (TPSA) is 65.9 Å². The number of hydrogen-bond donors (Lipinski definition) is 1. The van der Waals surface area contributed by atoms with Crippen molar-refractivity contribution in [3.8, 4) is 6.07 Å². The fraction of sp³-hybridized carbons (Fsp3) is 0.0769. The van der Waals surface area contributed by atoms with E-state index in [0.29, 0.717) is 11.4 Å². The predicted octanol–water partition coefficient (Wildman–Crippen LogP) is 2.30. The molecule has 0 unspecified atom stereocenters. The van der Waals surface area contributed by atoms with Gasteiger partial charge in [0.1, 0.15) is 5.82 Å². The van der Waals surface area contributed by atoms with Crippen molar-refractivity contribution in [3.63, 3.8) is 0 Å². The van der Waals surface area contributed by atoms with Crippen molar-refractivity contribution in [3.05, 3.63) is 48.2 Å². The van der Waals surface area contributed by atoms with Gasteiger partial charge in [-0.25, -0.2) is 4.98 Å². The van der Waals surface area contributed by atoms with Crippen molar-refractivity contribution in [2.24, 2.45) is 0 Å². The standard InChI is InChI=1S/C13H12N4/c1-17(12-6-7-16-13(15)8-12)11-4-2-10(9-14)3-5-11/h2-8H,1H3,(H2,15,16). The molecule has 0 radical (unpaired) electrons. The maximum Gasteiger partial charge on any atom is 0.125 e. The molecule has 0 bridgehead atoms. The van der Waals surface area contributed by atoms with E-state index in [0.717, 1.165) is 11.4 Å². The van der Waals surface area contributed by atoms with Crippen LogP contribution in [0.5, 0.6) is 0 Å². The van der Waals surface area contributed by atoms with Gasteiger partial charge in [-0.15, -0.1) is 0 Å². The molecule has 1 heterocycles. The number of aromatic nitrogens is 1. The number of nitrogens with zero attached hydrogens (tertiary/aromatic N) is 3. The van der Waals surface area contributed by atoms with E-state index in [1.165, 1.54) is 0 Å². The third-order valence-corrected chi connectivity index (χ3v) is 2.54. The number of benzene rings is 1. The molecule has 1 aromatic heterocycles. The van der Waals surface area contributed by atoms with Crippen LogP contribution < -0.4 is 10.6 Å². The highest BCUT2D eigenvalue weighted by atomic mass is 15.1. The van der Waals surface area contributed by atoms with E-state index < -0.39 is 0 Å².